The van der Waals surface area contributed by atoms with Crippen molar-refractivity contribution in [2.24, 2.45) is 0 Å². The SMILES string of the molecule is COc1ccc(C)c2c1N(C(=O)CSc1nnc(-c3ccc(Cl)cc3)o1)CCC2. The van der Waals surface area contributed by atoms with Crippen LogP contribution in [0.4, 0.5) is 5.69 Å². The summed E-state index contributed by atoms with van der Waals surface area (Å²) in [5.41, 5.74) is 4.02. The van der Waals surface area contributed by atoms with Crippen LogP contribution in [0.3, 0.4) is 0 Å². The van der Waals surface area contributed by atoms with Crippen LogP contribution >= 0.6 is 23.4 Å². The van der Waals surface area contributed by atoms with Crippen molar-refractivity contribution in [3.05, 3.63) is 52.5 Å². The summed E-state index contributed by atoms with van der Waals surface area (Å²) in [6.07, 6.45) is 1.88. The molecule has 0 unspecified atom stereocenters. The Hall–Kier alpha value is -2.51. The van der Waals surface area contributed by atoms with Crippen LogP contribution < -0.4 is 9.64 Å². The fourth-order valence-electron chi connectivity index (χ4n) is 3.45. The molecule has 4 rings (SSSR count). The molecule has 2 heterocycles. The molecule has 29 heavy (non-hydrogen) atoms. The minimum Gasteiger partial charge on any atom is -0.495 e. The van der Waals surface area contributed by atoms with Gasteiger partial charge >= 0.3 is 0 Å². The van der Waals surface area contributed by atoms with Crippen molar-refractivity contribution in [1.82, 2.24) is 10.2 Å². The number of aromatic nitrogens is 2. The molecule has 3 aromatic rings. The standard InChI is InChI=1S/C21H20ClN3O3S/c1-13-5-10-17(27-2)19-16(13)4-3-11-25(19)18(26)12-29-21-24-23-20(28-21)14-6-8-15(22)9-7-14/h5-10H,3-4,11-12H2,1-2H3. The van der Waals surface area contributed by atoms with Crippen LogP contribution in [-0.2, 0) is 11.2 Å². The normalized spacial score (nSPS) is 13.3. The Morgan fingerprint density at radius 2 is 2.03 bits per heavy atom. The third-order valence-corrected chi connectivity index (χ3v) is 5.95. The molecule has 1 amide bonds. The van der Waals surface area contributed by atoms with Crippen LogP contribution in [-0.4, -0.2) is 35.5 Å². The van der Waals surface area contributed by atoms with E-state index in [4.69, 9.17) is 20.8 Å². The molecule has 1 aromatic heterocycles. The van der Waals surface area contributed by atoms with E-state index >= 15 is 0 Å². The van der Waals surface area contributed by atoms with Crippen LogP contribution in [0.15, 0.2) is 46.0 Å². The van der Waals surface area contributed by atoms with E-state index in [2.05, 4.69) is 17.1 Å². The molecule has 0 saturated heterocycles. The topological polar surface area (TPSA) is 68.5 Å². The monoisotopic (exact) mass is 429 g/mol. The Balaban J connectivity index is 1.48. The van der Waals surface area contributed by atoms with Crippen molar-refractivity contribution in [1.29, 1.82) is 0 Å². The number of carbonyl (C=O) groups excluding carboxylic acids is 1. The fraction of sp³-hybridized carbons (Fsp3) is 0.286. The third-order valence-electron chi connectivity index (χ3n) is 4.90. The summed E-state index contributed by atoms with van der Waals surface area (Å²) < 4.78 is 11.2. The van der Waals surface area contributed by atoms with Crippen molar-refractivity contribution in [2.45, 2.75) is 25.0 Å². The molecule has 150 valence electrons. The van der Waals surface area contributed by atoms with Gasteiger partial charge in [-0.1, -0.05) is 29.4 Å². The van der Waals surface area contributed by atoms with E-state index in [0.717, 1.165) is 29.8 Å². The maximum absolute atomic E-state index is 13.0. The molecular formula is C21H20ClN3O3S. The molecular weight excluding hydrogens is 410 g/mol. The van der Waals surface area contributed by atoms with Crippen molar-refractivity contribution < 1.29 is 13.9 Å². The van der Waals surface area contributed by atoms with Crippen molar-refractivity contribution in [3.8, 4) is 17.2 Å². The summed E-state index contributed by atoms with van der Waals surface area (Å²) >= 11 is 7.14. The molecule has 1 aliphatic heterocycles. The van der Waals surface area contributed by atoms with Gasteiger partial charge in [0.05, 0.1) is 18.6 Å². The Labute approximate surface area is 178 Å². The lowest BCUT2D eigenvalue weighted by Crippen LogP contribution is -2.37. The molecule has 0 saturated carbocycles. The molecule has 0 aliphatic carbocycles. The number of nitrogens with zero attached hydrogens (tertiary/aromatic N) is 3. The van der Waals surface area contributed by atoms with Gasteiger partial charge in [-0.3, -0.25) is 4.79 Å². The largest absolute Gasteiger partial charge is 0.495 e. The first-order valence-corrected chi connectivity index (χ1v) is 10.6. The average molecular weight is 430 g/mol. The quantitative estimate of drug-likeness (QED) is 0.544. The van der Waals surface area contributed by atoms with Crippen LogP contribution in [0.5, 0.6) is 5.75 Å². The average Bonchev–Trinajstić information content (AvgIpc) is 3.22. The van der Waals surface area contributed by atoms with Gasteiger partial charge in [-0.25, -0.2) is 0 Å². The lowest BCUT2D eigenvalue weighted by molar-refractivity contribution is -0.116. The first-order chi connectivity index (χ1) is 14.1. The van der Waals surface area contributed by atoms with Crippen LogP contribution in [0, 0.1) is 6.92 Å². The maximum atomic E-state index is 13.0. The number of benzene rings is 2. The number of thioether (sulfide) groups is 1. The third kappa shape index (κ3) is 4.11. The highest BCUT2D eigenvalue weighted by Gasteiger charge is 2.27. The summed E-state index contributed by atoms with van der Waals surface area (Å²) in [5.74, 6) is 1.33. The van der Waals surface area contributed by atoms with Crippen molar-refractivity contribution in [2.75, 3.05) is 24.3 Å². The number of hydrogen-bond acceptors (Lipinski definition) is 6. The summed E-state index contributed by atoms with van der Waals surface area (Å²) in [5, 5.41) is 9.10. The number of anilines is 1. The van der Waals surface area contributed by atoms with E-state index in [-0.39, 0.29) is 11.7 Å². The molecule has 6 nitrogen and oxygen atoms in total. The Bertz CT molecular complexity index is 1040. The zero-order valence-electron chi connectivity index (χ0n) is 16.1. The second-order valence-corrected chi connectivity index (χ2v) is 8.09. The van der Waals surface area contributed by atoms with Crippen LogP contribution in [0.25, 0.3) is 11.5 Å². The first kappa shape index (κ1) is 19.8. The van der Waals surface area contributed by atoms with Gasteiger partial charge in [-0.05, 0) is 61.2 Å². The number of halogens is 1. The predicted octanol–water partition coefficient (Wildman–Crippen LogP) is 4.78. The first-order valence-electron chi connectivity index (χ1n) is 9.26. The lowest BCUT2D eigenvalue weighted by Gasteiger charge is -2.31. The second kappa shape index (κ2) is 8.47. The number of fused-ring (bicyclic) bond motifs is 1. The molecule has 1 aliphatic rings. The molecule has 0 spiro atoms. The van der Waals surface area contributed by atoms with Gasteiger partial charge in [0.25, 0.3) is 5.22 Å². The minimum atomic E-state index is -0.00825. The Morgan fingerprint density at radius 1 is 1.24 bits per heavy atom. The number of carbonyl (C=O) groups is 1. The zero-order chi connectivity index (χ0) is 20.4. The molecule has 0 bridgehead atoms. The van der Waals surface area contributed by atoms with E-state index in [0.29, 0.717) is 22.7 Å². The number of hydrogen-bond donors (Lipinski definition) is 0. The minimum absolute atomic E-state index is 0.00825. The summed E-state index contributed by atoms with van der Waals surface area (Å²) in [6, 6.07) is 11.1. The Morgan fingerprint density at radius 3 is 2.79 bits per heavy atom. The molecule has 0 atom stereocenters. The van der Waals surface area contributed by atoms with Gasteiger partial charge in [0.15, 0.2) is 0 Å². The van der Waals surface area contributed by atoms with Crippen LogP contribution in [0.1, 0.15) is 17.5 Å². The van der Waals surface area contributed by atoms with E-state index in [1.165, 1.54) is 22.9 Å². The molecule has 2 aromatic carbocycles. The summed E-state index contributed by atoms with van der Waals surface area (Å²) in [6.45, 7) is 2.74. The Kier molecular flexibility index (Phi) is 5.78. The molecule has 0 radical (unpaired) electrons. The van der Waals surface area contributed by atoms with Crippen LogP contribution in [0.2, 0.25) is 5.02 Å². The van der Waals surface area contributed by atoms with E-state index < -0.39 is 0 Å². The predicted molar refractivity (Wildman–Crippen MR) is 114 cm³/mol. The number of ether oxygens (including phenoxy) is 1. The van der Waals surface area contributed by atoms with Gasteiger partial charge in [-0.15, -0.1) is 10.2 Å². The van der Waals surface area contributed by atoms with Crippen molar-refractivity contribution in [3.63, 3.8) is 0 Å². The van der Waals surface area contributed by atoms with E-state index in [1.807, 2.05) is 29.2 Å². The molecule has 0 fully saturated rings. The molecule has 0 N–H and O–H groups in total. The zero-order valence-corrected chi connectivity index (χ0v) is 17.7. The second-order valence-electron chi connectivity index (χ2n) is 6.73. The highest BCUT2D eigenvalue weighted by atomic mass is 35.5. The highest BCUT2D eigenvalue weighted by molar-refractivity contribution is 7.99. The number of methoxy groups -OCH3 is 1. The molecule has 8 heteroatoms. The number of aryl methyl sites for hydroxylation is 1. The van der Waals surface area contributed by atoms with Gasteiger partial charge in [0.2, 0.25) is 11.8 Å². The maximum Gasteiger partial charge on any atom is 0.277 e. The van der Waals surface area contributed by atoms with Gasteiger partial charge in [-0.2, -0.15) is 0 Å². The van der Waals surface area contributed by atoms with E-state index in [9.17, 15) is 4.79 Å². The number of amides is 1. The highest BCUT2D eigenvalue weighted by Crippen LogP contribution is 2.38. The van der Waals surface area contributed by atoms with Crippen molar-refractivity contribution >= 4 is 35.0 Å². The summed E-state index contributed by atoms with van der Waals surface area (Å²) in [7, 11) is 1.63. The van der Waals surface area contributed by atoms with E-state index in [1.54, 1.807) is 19.2 Å². The summed E-state index contributed by atoms with van der Waals surface area (Å²) in [4.78, 5) is 14.8. The van der Waals surface area contributed by atoms with Gasteiger partial charge in [0.1, 0.15) is 5.75 Å². The fourth-order valence-corrected chi connectivity index (χ4v) is 4.21. The smallest absolute Gasteiger partial charge is 0.277 e. The van der Waals surface area contributed by atoms with Gasteiger partial charge < -0.3 is 14.1 Å². The number of rotatable bonds is 5. The van der Waals surface area contributed by atoms with Gasteiger partial charge in [0, 0.05) is 17.1 Å². The lowest BCUT2D eigenvalue weighted by atomic mass is 9.96.